The lowest BCUT2D eigenvalue weighted by Gasteiger charge is -2.24. The van der Waals surface area contributed by atoms with E-state index in [4.69, 9.17) is 0 Å². The van der Waals surface area contributed by atoms with Crippen LogP contribution in [-0.2, 0) is 14.8 Å². The third kappa shape index (κ3) is 5.77. The van der Waals surface area contributed by atoms with Crippen LogP contribution in [0.15, 0.2) is 93.3 Å². The van der Waals surface area contributed by atoms with E-state index in [1.165, 1.54) is 36.4 Å². The number of carbonyl (C=O) groups excluding carboxylic acids is 1. The Hall–Kier alpha value is -3.04. The normalized spacial score (nSPS) is 11.8. The lowest BCUT2D eigenvalue weighted by atomic mass is 10.1. The molecule has 0 saturated carbocycles. The summed E-state index contributed by atoms with van der Waals surface area (Å²) in [6.45, 7) is 1.17. The number of sulfonamides is 1. The zero-order valence-corrected chi connectivity index (χ0v) is 18.9. The number of rotatable bonds is 7. The number of hydrazone groups is 1. The van der Waals surface area contributed by atoms with Gasteiger partial charge in [-0.25, -0.2) is 18.2 Å². The van der Waals surface area contributed by atoms with Gasteiger partial charge in [0.2, 0.25) is 0 Å². The molecule has 31 heavy (non-hydrogen) atoms. The van der Waals surface area contributed by atoms with E-state index < -0.39 is 22.5 Å². The van der Waals surface area contributed by atoms with E-state index in [-0.39, 0.29) is 10.7 Å². The van der Waals surface area contributed by atoms with Crippen molar-refractivity contribution in [2.45, 2.75) is 11.8 Å². The fourth-order valence-corrected chi connectivity index (χ4v) is 4.55. The average molecular weight is 504 g/mol. The van der Waals surface area contributed by atoms with Crippen molar-refractivity contribution in [2.24, 2.45) is 5.10 Å². The van der Waals surface area contributed by atoms with Crippen molar-refractivity contribution in [3.8, 4) is 0 Å². The van der Waals surface area contributed by atoms with E-state index in [2.05, 4.69) is 26.5 Å². The highest BCUT2D eigenvalue weighted by Crippen LogP contribution is 2.26. The van der Waals surface area contributed by atoms with E-state index in [0.29, 0.717) is 21.4 Å². The largest absolute Gasteiger partial charge is 0.271 e. The zero-order chi connectivity index (χ0) is 22.4. The zero-order valence-electron chi connectivity index (χ0n) is 16.5. The molecule has 9 heteroatoms. The second-order valence-corrected chi connectivity index (χ2v) is 9.32. The van der Waals surface area contributed by atoms with Gasteiger partial charge in [0.1, 0.15) is 12.4 Å². The van der Waals surface area contributed by atoms with Crippen molar-refractivity contribution in [3.05, 3.63) is 94.7 Å². The van der Waals surface area contributed by atoms with Crippen LogP contribution < -0.4 is 9.73 Å². The highest BCUT2D eigenvalue weighted by molar-refractivity contribution is 9.10. The Morgan fingerprint density at radius 3 is 2.35 bits per heavy atom. The van der Waals surface area contributed by atoms with Gasteiger partial charge < -0.3 is 0 Å². The maximum atomic E-state index is 13.2. The number of hydrogen-bond acceptors (Lipinski definition) is 4. The van der Waals surface area contributed by atoms with Gasteiger partial charge in [0.05, 0.1) is 16.3 Å². The van der Waals surface area contributed by atoms with Crippen LogP contribution in [0.3, 0.4) is 0 Å². The van der Waals surface area contributed by atoms with E-state index in [1.807, 2.05) is 0 Å². The third-order valence-electron chi connectivity index (χ3n) is 4.32. The molecule has 160 valence electrons. The summed E-state index contributed by atoms with van der Waals surface area (Å²) >= 11 is 3.33. The average Bonchev–Trinajstić information content (AvgIpc) is 2.76. The first-order valence-corrected chi connectivity index (χ1v) is 11.4. The minimum atomic E-state index is -4.00. The number of amides is 1. The Balaban J connectivity index is 1.86. The second kappa shape index (κ2) is 9.84. The summed E-state index contributed by atoms with van der Waals surface area (Å²) in [5.41, 5.74) is 3.78. The second-order valence-electron chi connectivity index (χ2n) is 6.54. The number of carbonyl (C=O) groups is 1. The molecule has 0 aliphatic rings. The lowest BCUT2D eigenvalue weighted by molar-refractivity contribution is -0.119. The van der Waals surface area contributed by atoms with E-state index in [1.54, 1.807) is 49.4 Å². The Morgan fingerprint density at radius 1 is 1.03 bits per heavy atom. The molecular weight excluding hydrogens is 485 g/mol. The van der Waals surface area contributed by atoms with Gasteiger partial charge in [-0.15, -0.1) is 0 Å². The molecule has 3 aromatic rings. The predicted molar refractivity (Wildman–Crippen MR) is 122 cm³/mol. The molecule has 0 heterocycles. The molecule has 0 aromatic heterocycles. The highest BCUT2D eigenvalue weighted by atomic mass is 79.9. The van der Waals surface area contributed by atoms with Crippen molar-refractivity contribution in [2.75, 3.05) is 10.8 Å². The fourth-order valence-electron chi connectivity index (χ4n) is 2.73. The molecule has 0 saturated heterocycles. The summed E-state index contributed by atoms with van der Waals surface area (Å²) in [6, 6.07) is 20.2. The van der Waals surface area contributed by atoms with Gasteiger partial charge in [-0.2, -0.15) is 5.10 Å². The first-order valence-electron chi connectivity index (χ1n) is 9.20. The molecule has 0 spiro atoms. The summed E-state index contributed by atoms with van der Waals surface area (Å²) in [5.74, 6) is -1.00. The summed E-state index contributed by atoms with van der Waals surface area (Å²) in [6.07, 6.45) is 0. The molecule has 0 bridgehead atoms. The van der Waals surface area contributed by atoms with Gasteiger partial charge in [0.25, 0.3) is 15.9 Å². The number of hydrogen-bond donors (Lipinski definition) is 1. The Labute approximate surface area is 188 Å². The molecule has 1 N–H and O–H groups in total. The van der Waals surface area contributed by atoms with Crippen molar-refractivity contribution < 1.29 is 17.6 Å². The molecule has 1 amide bonds. The van der Waals surface area contributed by atoms with E-state index >= 15 is 0 Å². The minimum absolute atomic E-state index is 0.0637. The fraction of sp³-hybridized carbons (Fsp3) is 0.0909. The standard InChI is InChI=1S/C22H19BrFN3O3S/c1-16(17-10-12-19(24)13-11-17)25-26-22(28)15-27(20-7-5-6-18(23)14-20)31(29,30)21-8-3-2-4-9-21/h2-14H,15H2,1H3,(H,26,28)/b25-16-. The lowest BCUT2D eigenvalue weighted by Crippen LogP contribution is -2.39. The van der Waals surface area contributed by atoms with Gasteiger partial charge in [-0.1, -0.05) is 52.3 Å². The van der Waals surface area contributed by atoms with Crippen molar-refractivity contribution >= 4 is 43.3 Å². The van der Waals surface area contributed by atoms with Crippen LogP contribution in [0.5, 0.6) is 0 Å². The summed E-state index contributed by atoms with van der Waals surface area (Å²) in [7, 11) is -4.00. The summed E-state index contributed by atoms with van der Waals surface area (Å²) in [4.78, 5) is 12.6. The van der Waals surface area contributed by atoms with Crippen LogP contribution in [0.4, 0.5) is 10.1 Å². The molecule has 0 aliphatic heterocycles. The van der Waals surface area contributed by atoms with E-state index in [0.717, 1.165) is 4.31 Å². The smallest absolute Gasteiger partial charge is 0.264 e. The maximum Gasteiger partial charge on any atom is 0.264 e. The molecule has 0 atom stereocenters. The summed E-state index contributed by atoms with van der Waals surface area (Å²) in [5, 5.41) is 4.01. The van der Waals surface area contributed by atoms with Gasteiger partial charge in [-0.3, -0.25) is 9.10 Å². The van der Waals surface area contributed by atoms with Crippen LogP contribution in [0, 0.1) is 5.82 Å². The number of halogens is 2. The van der Waals surface area contributed by atoms with E-state index in [9.17, 15) is 17.6 Å². The number of benzene rings is 3. The Morgan fingerprint density at radius 2 is 1.71 bits per heavy atom. The number of nitrogens with one attached hydrogen (secondary N) is 1. The minimum Gasteiger partial charge on any atom is -0.271 e. The van der Waals surface area contributed by atoms with Crippen LogP contribution in [0.2, 0.25) is 0 Å². The molecule has 0 fully saturated rings. The maximum absolute atomic E-state index is 13.2. The molecule has 0 aliphatic carbocycles. The summed E-state index contributed by atoms with van der Waals surface area (Å²) < 4.78 is 41.2. The van der Waals surface area contributed by atoms with Crippen LogP contribution in [-0.4, -0.2) is 26.6 Å². The third-order valence-corrected chi connectivity index (χ3v) is 6.61. The molecule has 0 radical (unpaired) electrons. The molecule has 3 rings (SSSR count). The highest BCUT2D eigenvalue weighted by Gasteiger charge is 2.27. The number of nitrogens with zero attached hydrogens (tertiary/aromatic N) is 2. The first kappa shape index (κ1) is 22.6. The van der Waals surface area contributed by atoms with Crippen LogP contribution >= 0.6 is 15.9 Å². The molecule has 6 nitrogen and oxygen atoms in total. The Bertz CT molecular complexity index is 1200. The SMILES string of the molecule is C/C(=N/NC(=O)CN(c1cccc(Br)c1)S(=O)(=O)c1ccccc1)c1ccc(F)cc1. The van der Waals surface area contributed by atoms with Crippen LogP contribution in [0.25, 0.3) is 0 Å². The van der Waals surface area contributed by atoms with Crippen molar-refractivity contribution in [3.63, 3.8) is 0 Å². The van der Waals surface area contributed by atoms with Gasteiger partial charge in [-0.05, 0) is 55.0 Å². The van der Waals surface area contributed by atoms with Gasteiger partial charge in [0, 0.05) is 4.47 Å². The monoisotopic (exact) mass is 503 g/mol. The first-order chi connectivity index (χ1) is 14.8. The van der Waals surface area contributed by atoms with Crippen molar-refractivity contribution in [1.82, 2.24) is 5.43 Å². The quantitative estimate of drug-likeness (QED) is 0.385. The van der Waals surface area contributed by atoms with Gasteiger partial charge >= 0.3 is 0 Å². The Kier molecular flexibility index (Phi) is 7.19. The predicted octanol–water partition coefficient (Wildman–Crippen LogP) is 4.32. The van der Waals surface area contributed by atoms with Crippen LogP contribution in [0.1, 0.15) is 12.5 Å². The van der Waals surface area contributed by atoms with Crippen molar-refractivity contribution in [1.29, 1.82) is 0 Å². The van der Waals surface area contributed by atoms with Gasteiger partial charge in [0.15, 0.2) is 0 Å². The number of anilines is 1. The molecule has 3 aromatic carbocycles. The molecule has 0 unspecified atom stereocenters. The molecular formula is C22H19BrFN3O3S. The topological polar surface area (TPSA) is 78.8 Å².